The second-order valence-electron chi connectivity index (χ2n) is 7.30. The second-order valence-corrected chi connectivity index (χ2v) is 8.25. The minimum Gasteiger partial charge on any atom is -0.351 e. The van der Waals surface area contributed by atoms with Crippen LogP contribution in [0.4, 0.5) is 10.3 Å². The molecule has 0 atom stereocenters. The van der Waals surface area contributed by atoms with E-state index < -0.39 is 0 Å². The van der Waals surface area contributed by atoms with Crippen molar-refractivity contribution in [2.45, 2.75) is 31.5 Å². The first-order valence-electron chi connectivity index (χ1n) is 10.0. The quantitative estimate of drug-likeness (QED) is 0.585. The molecule has 2 heterocycles. The third-order valence-electron chi connectivity index (χ3n) is 5.06. The van der Waals surface area contributed by atoms with Gasteiger partial charge >= 0.3 is 0 Å². The van der Waals surface area contributed by atoms with Crippen molar-refractivity contribution in [3.05, 3.63) is 65.5 Å². The molecule has 0 saturated carbocycles. The van der Waals surface area contributed by atoms with E-state index in [1.54, 1.807) is 18.2 Å². The number of aromatic nitrogens is 3. The first-order chi connectivity index (χ1) is 14.6. The van der Waals surface area contributed by atoms with Crippen molar-refractivity contribution >= 4 is 23.6 Å². The van der Waals surface area contributed by atoms with E-state index in [9.17, 15) is 9.18 Å². The SMILES string of the molecule is Cc1ccc(-n2c(SCC(=O)NCc3ccccc3F)nnc2N2CCCC2)cc1. The summed E-state index contributed by atoms with van der Waals surface area (Å²) in [7, 11) is 0. The van der Waals surface area contributed by atoms with Crippen LogP contribution >= 0.6 is 11.8 Å². The molecule has 0 bridgehead atoms. The van der Waals surface area contributed by atoms with Crippen molar-refractivity contribution in [1.29, 1.82) is 0 Å². The monoisotopic (exact) mass is 425 g/mol. The molecule has 0 aliphatic carbocycles. The number of halogens is 1. The summed E-state index contributed by atoms with van der Waals surface area (Å²) in [4.78, 5) is 14.6. The molecule has 6 nitrogen and oxygen atoms in total. The summed E-state index contributed by atoms with van der Waals surface area (Å²) in [5.74, 6) is 0.494. The summed E-state index contributed by atoms with van der Waals surface area (Å²) in [6, 6.07) is 14.6. The third kappa shape index (κ3) is 4.64. The highest BCUT2D eigenvalue weighted by Crippen LogP contribution is 2.28. The fraction of sp³-hybridized carbons (Fsp3) is 0.318. The molecule has 8 heteroatoms. The molecule has 4 rings (SSSR count). The van der Waals surface area contributed by atoms with Crippen LogP contribution in [0.1, 0.15) is 24.0 Å². The number of hydrogen-bond acceptors (Lipinski definition) is 5. The Morgan fingerprint density at radius 1 is 1.10 bits per heavy atom. The van der Waals surface area contributed by atoms with E-state index in [-0.39, 0.29) is 24.0 Å². The van der Waals surface area contributed by atoms with Crippen LogP contribution in [-0.4, -0.2) is 39.5 Å². The highest BCUT2D eigenvalue weighted by atomic mass is 32.2. The number of carbonyl (C=O) groups is 1. The maximum atomic E-state index is 13.7. The average Bonchev–Trinajstić information content (AvgIpc) is 3.42. The van der Waals surface area contributed by atoms with Crippen LogP contribution in [0, 0.1) is 12.7 Å². The van der Waals surface area contributed by atoms with Crippen molar-refractivity contribution in [2.75, 3.05) is 23.7 Å². The van der Waals surface area contributed by atoms with Crippen LogP contribution in [0.5, 0.6) is 0 Å². The van der Waals surface area contributed by atoms with Gasteiger partial charge in [0.2, 0.25) is 11.9 Å². The van der Waals surface area contributed by atoms with Crippen LogP contribution in [0.3, 0.4) is 0 Å². The first kappa shape index (κ1) is 20.4. The van der Waals surface area contributed by atoms with Crippen molar-refractivity contribution in [3.8, 4) is 5.69 Å². The third-order valence-corrected chi connectivity index (χ3v) is 5.99. The summed E-state index contributed by atoms with van der Waals surface area (Å²) in [6.45, 7) is 4.12. The molecule has 1 fully saturated rings. The highest BCUT2D eigenvalue weighted by molar-refractivity contribution is 7.99. The summed E-state index contributed by atoms with van der Waals surface area (Å²) in [5, 5.41) is 12.2. The molecule has 1 aromatic heterocycles. The van der Waals surface area contributed by atoms with E-state index >= 15 is 0 Å². The van der Waals surface area contributed by atoms with Crippen molar-refractivity contribution in [1.82, 2.24) is 20.1 Å². The van der Waals surface area contributed by atoms with Crippen LogP contribution in [0.15, 0.2) is 53.7 Å². The fourth-order valence-corrected chi connectivity index (χ4v) is 4.19. The number of amides is 1. The lowest BCUT2D eigenvalue weighted by Gasteiger charge is -2.18. The van der Waals surface area contributed by atoms with E-state index in [1.807, 2.05) is 23.6 Å². The van der Waals surface area contributed by atoms with Crippen LogP contribution in [0.2, 0.25) is 0 Å². The zero-order valence-corrected chi connectivity index (χ0v) is 17.7. The average molecular weight is 426 g/mol. The zero-order chi connectivity index (χ0) is 20.9. The van der Waals surface area contributed by atoms with Crippen molar-refractivity contribution < 1.29 is 9.18 Å². The number of carbonyl (C=O) groups excluding carboxylic acids is 1. The van der Waals surface area contributed by atoms with Crippen LogP contribution in [0.25, 0.3) is 5.69 Å². The van der Waals surface area contributed by atoms with Gasteiger partial charge in [0.1, 0.15) is 5.82 Å². The van der Waals surface area contributed by atoms with Gasteiger partial charge in [0.05, 0.1) is 11.4 Å². The minimum atomic E-state index is -0.320. The fourth-order valence-electron chi connectivity index (χ4n) is 3.41. The Balaban J connectivity index is 1.47. The maximum absolute atomic E-state index is 13.7. The number of anilines is 1. The molecule has 3 aromatic rings. The summed E-state index contributed by atoms with van der Waals surface area (Å²) < 4.78 is 15.7. The van der Waals surface area contributed by atoms with Gasteiger partial charge in [-0.05, 0) is 38.0 Å². The van der Waals surface area contributed by atoms with Crippen molar-refractivity contribution in [2.24, 2.45) is 0 Å². The summed E-state index contributed by atoms with van der Waals surface area (Å²) in [6.07, 6.45) is 2.28. The Bertz CT molecular complexity index is 1010. The molecule has 1 N–H and O–H groups in total. The van der Waals surface area contributed by atoms with Crippen LogP contribution < -0.4 is 10.2 Å². The molecular formula is C22H24FN5OS. The Morgan fingerprint density at radius 3 is 2.57 bits per heavy atom. The molecule has 0 unspecified atom stereocenters. The first-order valence-corrected chi connectivity index (χ1v) is 11.0. The van der Waals surface area contributed by atoms with Gasteiger partial charge < -0.3 is 10.2 Å². The molecule has 1 amide bonds. The largest absolute Gasteiger partial charge is 0.351 e. The van der Waals surface area contributed by atoms with E-state index in [1.165, 1.54) is 23.4 Å². The lowest BCUT2D eigenvalue weighted by molar-refractivity contribution is -0.118. The number of nitrogens with zero attached hydrogens (tertiary/aromatic N) is 4. The Hall–Kier alpha value is -2.87. The molecule has 1 aliphatic rings. The topological polar surface area (TPSA) is 63.1 Å². The summed E-state index contributed by atoms with van der Waals surface area (Å²) >= 11 is 1.33. The minimum absolute atomic E-state index is 0.162. The predicted octanol–water partition coefficient (Wildman–Crippen LogP) is 3.72. The molecule has 1 aliphatic heterocycles. The predicted molar refractivity (Wildman–Crippen MR) is 117 cm³/mol. The van der Waals surface area contributed by atoms with Gasteiger partial charge in [-0.3, -0.25) is 9.36 Å². The standard InChI is InChI=1S/C22H24FN5OS/c1-16-8-10-18(11-9-16)28-21(27-12-4-5-13-27)25-26-22(28)30-15-20(29)24-14-17-6-2-3-7-19(17)23/h2-3,6-11H,4-5,12-15H2,1H3,(H,24,29). The number of hydrogen-bond donors (Lipinski definition) is 1. The molecule has 2 aromatic carbocycles. The van der Waals surface area contributed by atoms with E-state index in [2.05, 4.69) is 32.5 Å². The molecule has 1 saturated heterocycles. The Morgan fingerprint density at radius 2 is 1.83 bits per heavy atom. The smallest absolute Gasteiger partial charge is 0.232 e. The van der Waals surface area contributed by atoms with Crippen LogP contribution in [-0.2, 0) is 11.3 Å². The second kappa shape index (κ2) is 9.30. The van der Waals surface area contributed by atoms with E-state index in [0.717, 1.165) is 37.6 Å². The number of thioether (sulfide) groups is 1. The Kier molecular flexibility index (Phi) is 6.32. The Labute approximate surface area is 179 Å². The zero-order valence-electron chi connectivity index (χ0n) is 16.8. The van der Waals surface area contributed by atoms with Gasteiger partial charge in [0.25, 0.3) is 0 Å². The number of aryl methyl sites for hydroxylation is 1. The molecular weight excluding hydrogens is 401 g/mol. The maximum Gasteiger partial charge on any atom is 0.232 e. The van der Waals surface area contributed by atoms with E-state index in [4.69, 9.17) is 0 Å². The number of benzene rings is 2. The van der Waals surface area contributed by atoms with Gasteiger partial charge in [-0.2, -0.15) is 0 Å². The lowest BCUT2D eigenvalue weighted by atomic mass is 10.2. The van der Waals surface area contributed by atoms with Crippen molar-refractivity contribution in [3.63, 3.8) is 0 Å². The van der Waals surface area contributed by atoms with Gasteiger partial charge in [-0.1, -0.05) is 47.7 Å². The number of rotatable bonds is 7. The molecule has 0 radical (unpaired) electrons. The van der Waals surface area contributed by atoms with Gasteiger partial charge in [0, 0.05) is 25.2 Å². The van der Waals surface area contributed by atoms with Gasteiger partial charge in [0.15, 0.2) is 5.16 Å². The molecule has 30 heavy (non-hydrogen) atoms. The normalized spacial score (nSPS) is 13.6. The van der Waals surface area contributed by atoms with Gasteiger partial charge in [-0.15, -0.1) is 10.2 Å². The highest BCUT2D eigenvalue weighted by Gasteiger charge is 2.22. The lowest BCUT2D eigenvalue weighted by Crippen LogP contribution is -2.25. The summed E-state index contributed by atoms with van der Waals surface area (Å²) in [5.41, 5.74) is 2.62. The van der Waals surface area contributed by atoms with Gasteiger partial charge in [-0.25, -0.2) is 4.39 Å². The van der Waals surface area contributed by atoms with E-state index in [0.29, 0.717) is 10.7 Å². The molecule has 0 spiro atoms. The number of nitrogens with one attached hydrogen (secondary N) is 1. The molecule has 156 valence electrons.